The first kappa shape index (κ1) is 11.8. The summed E-state index contributed by atoms with van der Waals surface area (Å²) in [5.74, 6) is -0.0464. The molecule has 3 heteroatoms. The summed E-state index contributed by atoms with van der Waals surface area (Å²) in [7, 11) is 1.46. The second-order valence-electron chi connectivity index (χ2n) is 3.68. The monoisotopic (exact) mass is 211 g/mol. The number of hydrogen-bond acceptors (Lipinski definition) is 2. The number of methoxy groups -OCH3 is 1. The Balaban J connectivity index is 2.66. The summed E-state index contributed by atoms with van der Waals surface area (Å²) in [5.41, 5.74) is 0.800. The first-order valence-electron chi connectivity index (χ1n) is 5.27. The lowest BCUT2D eigenvalue weighted by Crippen LogP contribution is -2.14. The number of ether oxygens (including phenoxy) is 1. The fraction of sp³-hybridized carbons (Fsp3) is 0.500. The smallest absolute Gasteiger partial charge is 0.167 e. The Morgan fingerprint density at radius 3 is 2.73 bits per heavy atom. The van der Waals surface area contributed by atoms with Gasteiger partial charge in [0.15, 0.2) is 11.6 Å². The fourth-order valence-corrected chi connectivity index (χ4v) is 1.55. The number of rotatable bonds is 5. The van der Waals surface area contributed by atoms with Crippen LogP contribution in [0.1, 0.15) is 26.7 Å². The van der Waals surface area contributed by atoms with Crippen LogP contribution in [0.3, 0.4) is 0 Å². The molecule has 2 nitrogen and oxygen atoms in total. The third-order valence-corrected chi connectivity index (χ3v) is 2.29. The van der Waals surface area contributed by atoms with E-state index >= 15 is 0 Å². The van der Waals surface area contributed by atoms with Crippen LogP contribution in [0.2, 0.25) is 0 Å². The average Bonchev–Trinajstić information content (AvgIpc) is 2.18. The molecule has 0 aliphatic heterocycles. The highest BCUT2D eigenvalue weighted by Gasteiger charge is 2.05. The quantitative estimate of drug-likeness (QED) is 0.805. The van der Waals surface area contributed by atoms with Gasteiger partial charge in [-0.25, -0.2) is 4.39 Å². The molecule has 84 valence electrons. The van der Waals surface area contributed by atoms with Gasteiger partial charge in [-0.05, 0) is 25.5 Å². The summed E-state index contributed by atoms with van der Waals surface area (Å²) in [6.45, 7) is 4.22. The normalized spacial score (nSPS) is 12.3. The maximum Gasteiger partial charge on any atom is 0.167 e. The van der Waals surface area contributed by atoms with E-state index in [2.05, 4.69) is 19.2 Å². The summed E-state index contributed by atoms with van der Waals surface area (Å²) in [6, 6.07) is 5.29. The molecule has 15 heavy (non-hydrogen) atoms. The minimum Gasteiger partial charge on any atom is -0.494 e. The molecule has 0 spiro atoms. The van der Waals surface area contributed by atoms with Crippen molar-refractivity contribution in [2.75, 3.05) is 12.4 Å². The predicted molar refractivity (Wildman–Crippen MR) is 60.9 cm³/mol. The molecule has 0 aliphatic rings. The summed E-state index contributed by atoms with van der Waals surface area (Å²) >= 11 is 0. The highest BCUT2D eigenvalue weighted by atomic mass is 19.1. The van der Waals surface area contributed by atoms with Gasteiger partial charge in [0.1, 0.15) is 0 Å². The van der Waals surface area contributed by atoms with Crippen molar-refractivity contribution in [1.29, 1.82) is 0 Å². The van der Waals surface area contributed by atoms with E-state index in [1.165, 1.54) is 13.2 Å². The Morgan fingerprint density at radius 1 is 1.47 bits per heavy atom. The predicted octanol–water partition coefficient (Wildman–Crippen LogP) is 3.43. The molecule has 0 radical (unpaired) electrons. The first-order valence-corrected chi connectivity index (χ1v) is 5.27. The topological polar surface area (TPSA) is 21.3 Å². The molecular formula is C12H18FNO. The molecule has 1 aromatic rings. The Kier molecular flexibility index (Phi) is 4.40. The molecule has 0 aliphatic carbocycles. The number of anilines is 1. The van der Waals surface area contributed by atoms with Crippen molar-refractivity contribution >= 4 is 5.69 Å². The molecule has 0 bridgehead atoms. The van der Waals surface area contributed by atoms with E-state index in [0.29, 0.717) is 6.04 Å². The van der Waals surface area contributed by atoms with Gasteiger partial charge < -0.3 is 10.1 Å². The van der Waals surface area contributed by atoms with Crippen molar-refractivity contribution in [2.24, 2.45) is 0 Å². The minimum absolute atomic E-state index is 0.281. The second-order valence-corrected chi connectivity index (χ2v) is 3.68. The molecule has 1 aromatic carbocycles. The molecule has 0 saturated heterocycles. The fourth-order valence-electron chi connectivity index (χ4n) is 1.55. The minimum atomic E-state index is -0.328. The van der Waals surface area contributed by atoms with Crippen LogP contribution in [0.4, 0.5) is 10.1 Å². The highest BCUT2D eigenvalue weighted by Crippen LogP contribution is 2.21. The Labute approximate surface area is 90.4 Å². The van der Waals surface area contributed by atoms with Gasteiger partial charge in [0.05, 0.1) is 7.11 Å². The number of nitrogens with one attached hydrogen (secondary N) is 1. The second kappa shape index (κ2) is 5.59. The highest BCUT2D eigenvalue weighted by molar-refractivity contribution is 5.47. The molecule has 0 fully saturated rings. The van der Waals surface area contributed by atoms with Crippen LogP contribution in [0, 0.1) is 5.82 Å². The van der Waals surface area contributed by atoms with Crippen molar-refractivity contribution in [3.8, 4) is 5.75 Å². The van der Waals surface area contributed by atoms with Crippen LogP contribution in [0.5, 0.6) is 5.75 Å². The molecular weight excluding hydrogens is 193 g/mol. The van der Waals surface area contributed by atoms with Crippen molar-refractivity contribution in [1.82, 2.24) is 0 Å². The van der Waals surface area contributed by atoms with Crippen LogP contribution in [0.15, 0.2) is 18.2 Å². The van der Waals surface area contributed by atoms with Gasteiger partial charge in [-0.1, -0.05) is 13.3 Å². The van der Waals surface area contributed by atoms with Gasteiger partial charge in [0, 0.05) is 17.8 Å². The van der Waals surface area contributed by atoms with E-state index in [1.54, 1.807) is 6.07 Å². The molecule has 0 aromatic heterocycles. The van der Waals surface area contributed by atoms with Crippen molar-refractivity contribution < 1.29 is 9.13 Å². The van der Waals surface area contributed by atoms with E-state index < -0.39 is 0 Å². The Morgan fingerprint density at radius 2 is 2.20 bits per heavy atom. The molecule has 0 amide bonds. The molecule has 1 atom stereocenters. The van der Waals surface area contributed by atoms with Crippen LogP contribution >= 0.6 is 0 Å². The van der Waals surface area contributed by atoms with Crippen molar-refractivity contribution in [2.45, 2.75) is 32.7 Å². The third-order valence-electron chi connectivity index (χ3n) is 2.29. The molecule has 1 N–H and O–H groups in total. The lowest BCUT2D eigenvalue weighted by Gasteiger charge is -2.14. The number of halogens is 1. The number of hydrogen-bond donors (Lipinski definition) is 1. The van der Waals surface area contributed by atoms with E-state index in [9.17, 15) is 4.39 Å². The summed E-state index contributed by atoms with van der Waals surface area (Å²) in [4.78, 5) is 0. The largest absolute Gasteiger partial charge is 0.494 e. The van der Waals surface area contributed by atoms with E-state index in [0.717, 1.165) is 18.5 Å². The Bertz CT molecular complexity index is 314. The number of benzene rings is 1. The van der Waals surface area contributed by atoms with Gasteiger partial charge in [0.25, 0.3) is 0 Å². The lowest BCUT2D eigenvalue weighted by molar-refractivity contribution is 0.386. The van der Waals surface area contributed by atoms with Crippen LogP contribution in [-0.4, -0.2) is 13.2 Å². The maximum atomic E-state index is 13.3. The standard InChI is InChI=1S/C12H18FNO/c1-4-5-9(2)14-10-6-7-12(15-3)11(13)8-10/h6-9,14H,4-5H2,1-3H3/t9-/m1/s1. The zero-order valence-corrected chi connectivity index (χ0v) is 9.51. The Hall–Kier alpha value is -1.25. The van der Waals surface area contributed by atoms with Gasteiger partial charge in [-0.3, -0.25) is 0 Å². The van der Waals surface area contributed by atoms with Gasteiger partial charge >= 0.3 is 0 Å². The molecule has 1 rings (SSSR count). The molecule has 0 unspecified atom stereocenters. The maximum absolute atomic E-state index is 13.3. The van der Waals surface area contributed by atoms with Crippen LogP contribution in [-0.2, 0) is 0 Å². The zero-order valence-electron chi connectivity index (χ0n) is 9.51. The van der Waals surface area contributed by atoms with Crippen LogP contribution < -0.4 is 10.1 Å². The van der Waals surface area contributed by atoms with Crippen LogP contribution in [0.25, 0.3) is 0 Å². The summed E-state index contributed by atoms with van der Waals surface area (Å²) in [5, 5.41) is 3.24. The van der Waals surface area contributed by atoms with Crippen molar-refractivity contribution in [3.05, 3.63) is 24.0 Å². The van der Waals surface area contributed by atoms with Gasteiger partial charge in [0.2, 0.25) is 0 Å². The molecule has 0 saturated carbocycles. The zero-order chi connectivity index (χ0) is 11.3. The summed E-state index contributed by atoms with van der Waals surface area (Å²) < 4.78 is 18.2. The average molecular weight is 211 g/mol. The van der Waals surface area contributed by atoms with Crippen molar-refractivity contribution in [3.63, 3.8) is 0 Å². The SMILES string of the molecule is CCC[C@@H](C)Nc1ccc(OC)c(F)c1. The van der Waals surface area contributed by atoms with E-state index in [-0.39, 0.29) is 11.6 Å². The lowest BCUT2D eigenvalue weighted by atomic mass is 10.2. The van der Waals surface area contributed by atoms with Gasteiger partial charge in [-0.2, -0.15) is 0 Å². The third kappa shape index (κ3) is 3.42. The first-order chi connectivity index (χ1) is 7.17. The summed E-state index contributed by atoms with van der Waals surface area (Å²) in [6.07, 6.45) is 2.19. The van der Waals surface area contributed by atoms with E-state index in [4.69, 9.17) is 4.74 Å². The van der Waals surface area contributed by atoms with Gasteiger partial charge in [-0.15, -0.1) is 0 Å². The molecule has 0 heterocycles. The van der Waals surface area contributed by atoms with E-state index in [1.807, 2.05) is 6.07 Å².